The monoisotopic (exact) mass is 627 g/mol. The van der Waals surface area contributed by atoms with Crippen molar-refractivity contribution in [3.05, 3.63) is 137 Å². The Balaban J connectivity index is 1.65. The van der Waals surface area contributed by atoms with Crippen LogP contribution in [-0.2, 0) is 14.4 Å². The molecule has 0 saturated heterocycles. The Morgan fingerprint density at radius 1 is 1.11 bits per heavy atom. The lowest BCUT2D eigenvalue weighted by molar-refractivity contribution is -0.126. The van der Waals surface area contributed by atoms with E-state index in [2.05, 4.69) is 16.9 Å². The summed E-state index contributed by atoms with van der Waals surface area (Å²) in [4.78, 5) is 45.8. The summed E-state index contributed by atoms with van der Waals surface area (Å²) >= 11 is 7.12. The molecule has 44 heavy (non-hydrogen) atoms. The number of ether oxygens (including phenoxy) is 1. The summed E-state index contributed by atoms with van der Waals surface area (Å²) in [6, 6.07) is 21.5. The van der Waals surface area contributed by atoms with Gasteiger partial charge in [0.05, 0.1) is 18.9 Å². The number of allylic oxidation sites excluding steroid dienone is 4. The molecule has 1 aliphatic rings. The number of phenolic OH excluding ortho intramolecular Hbond substituents is 1. The van der Waals surface area contributed by atoms with Gasteiger partial charge in [0.2, 0.25) is 5.91 Å². The first-order valence-electron chi connectivity index (χ1n) is 13.5. The zero-order valence-corrected chi connectivity index (χ0v) is 25.6. The topological polar surface area (TPSA) is 108 Å². The third kappa shape index (κ3) is 7.55. The van der Waals surface area contributed by atoms with Gasteiger partial charge in [0.15, 0.2) is 16.7 Å². The number of rotatable bonds is 10. The number of aliphatic imine (C=N–C) groups is 1. The molecule has 0 fully saturated rings. The van der Waals surface area contributed by atoms with Gasteiger partial charge in [-0.1, -0.05) is 109 Å². The average Bonchev–Trinajstić information content (AvgIpc) is 3.04. The molecule has 0 spiro atoms. The van der Waals surface area contributed by atoms with Crippen LogP contribution in [0.3, 0.4) is 0 Å². The number of thioether (sulfide) groups is 1. The normalized spacial score (nSPS) is 14.7. The lowest BCUT2D eigenvalue weighted by Gasteiger charge is -2.28. The summed E-state index contributed by atoms with van der Waals surface area (Å²) in [5, 5.41) is 13.9. The van der Waals surface area contributed by atoms with Crippen LogP contribution in [0.5, 0.6) is 11.5 Å². The van der Waals surface area contributed by atoms with Gasteiger partial charge in [-0.3, -0.25) is 19.3 Å². The van der Waals surface area contributed by atoms with Gasteiger partial charge in [0.1, 0.15) is 5.57 Å². The molecule has 0 atom stereocenters. The Morgan fingerprint density at radius 3 is 2.32 bits per heavy atom. The van der Waals surface area contributed by atoms with Gasteiger partial charge in [0, 0.05) is 22.3 Å². The van der Waals surface area contributed by atoms with Crippen LogP contribution in [0.2, 0.25) is 5.02 Å². The van der Waals surface area contributed by atoms with E-state index in [1.165, 1.54) is 30.2 Å². The third-order valence-corrected chi connectivity index (χ3v) is 7.66. The lowest BCUT2D eigenvalue weighted by atomic mass is 9.99. The van der Waals surface area contributed by atoms with Crippen LogP contribution < -0.4 is 10.1 Å². The number of amidine groups is 1. The lowest BCUT2D eigenvalue weighted by Crippen LogP contribution is -2.42. The first-order valence-corrected chi connectivity index (χ1v) is 14.9. The molecule has 8 nitrogen and oxygen atoms in total. The maximum Gasteiger partial charge on any atom is 0.285 e. The molecule has 1 aliphatic heterocycles. The molecule has 0 aromatic heterocycles. The van der Waals surface area contributed by atoms with E-state index < -0.39 is 17.9 Å². The second kappa shape index (κ2) is 15.0. The number of carbonyl (C=O) groups is 3. The first-order chi connectivity index (χ1) is 21.3. The van der Waals surface area contributed by atoms with Crippen molar-refractivity contribution in [2.24, 2.45) is 4.99 Å². The van der Waals surface area contributed by atoms with Gasteiger partial charge in [-0.25, -0.2) is 0 Å². The fourth-order valence-electron chi connectivity index (χ4n) is 4.41. The van der Waals surface area contributed by atoms with Crippen LogP contribution in [0, 0.1) is 0 Å². The van der Waals surface area contributed by atoms with Crippen molar-refractivity contribution >= 4 is 52.3 Å². The molecule has 3 amide bonds. The molecule has 0 aliphatic carbocycles. The first kappa shape index (κ1) is 32.1. The van der Waals surface area contributed by atoms with Crippen molar-refractivity contribution in [2.45, 2.75) is 13.0 Å². The highest BCUT2D eigenvalue weighted by Gasteiger charge is 2.35. The summed E-state index contributed by atoms with van der Waals surface area (Å²) < 4.78 is 5.15. The van der Waals surface area contributed by atoms with Gasteiger partial charge in [-0.05, 0) is 36.3 Å². The second-order valence-electron chi connectivity index (χ2n) is 9.36. The quantitative estimate of drug-likeness (QED) is 0.152. The molecule has 4 rings (SSSR count). The van der Waals surface area contributed by atoms with Gasteiger partial charge in [0.25, 0.3) is 11.8 Å². The Bertz CT molecular complexity index is 1640. The SMILES string of the molecule is C=C/C=C\C(=C/C)N1C(=O)/C(=C/c2cc(Cl)cc(OC)c2O)C(=O)N=C1SCC(=O)NC(c1ccccc1)c1ccccc1. The van der Waals surface area contributed by atoms with E-state index in [4.69, 9.17) is 16.3 Å². The zero-order valence-electron chi connectivity index (χ0n) is 24.1. The highest BCUT2D eigenvalue weighted by Crippen LogP contribution is 2.36. The number of nitrogens with one attached hydrogen (secondary N) is 1. The molecular weight excluding hydrogens is 598 g/mol. The number of nitrogens with zero attached hydrogens (tertiary/aromatic N) is 2. The zero-order chi connectivity index (χ0) is 31.6. The van der Waals surface area contributed by atoms with Crippen LogP contribution in [-0.4, -0.2) is 45.8 Å². The molecule has 3 aromatic carbocycles. The van der Waals surface area contributed by atoms with Crippen molar-refractivity contribution in [3.8, 4) is 11.5 Å². The molecular formula is C34H30ClN3O5S. The fraction of sp³-hybridized carbons (Fsp3) is 0.118. The van der Waals surface area contributed by atoms with E-state index in [0.717, 1.165) is 22.9 Å². The molecule has 1 heterocycles. The van der Waals surface area contributed by atoms with Crippen LogP contribution in [0.4, 0.5) is 0 Å². The van der Waals surface area contributed by atoms with E-state index in [-0.39, 0.29) is 44.5 Å². The largest absolute Gasteiger partial charge is 0.504 e. The molecule has 0 radical (unpaired) electrons. The average molecular weight is 628 g/mol. The van der Waals surface area contributed by atoms with Gasteiger partial charge in [-0.2, -0.15) is 4.99 Å². The van der Waals surface area contributed by atoms with Crippen molar-refractivity contribution in [1.82, 2.24) is 10.2 Å². The summed E-state index contributed by atoms with van der Waals surface area (Å²) in [6.07, 6.45) is 7.70. The number of phenols is 1. The van der Waals surface area contributed by atoms with E-state index in [1.54, 1.807) is 31.2 Å². The van der Waals surface area contributed by atoms with Crippen molar-refractivity contribution < 1.29 is 24.2 Å². The van der Waals surface area contributed by atoms with Crippen LogP contribution >= 0.6 is 23.4 Å². The molecule has 2 N–H and O–H groups in total. The minimum atomic E-state index is -0.831. The minimum absolute atomic E-state index is 0.0259. The van der Waals surface area contributed by atoms with Crippen molar-refractivity contribution in [1.29, 1.82) is 0 Å². The fourth-order valence-corrected chi connectivity index (χ4v) is 5.43. The molecule has 0 bridgehead atoms. The Labute approximate surface area is 265 Å². The van der Waals surface area contributed by atoms with Crippen molar-refractivity contribution in [2.75, 3.05) is 12.9 Å². The number of methoxy groups -OCH3 is 1. The number of benzene rings is 3. The van der Waals surface area contributed by atoms with E-state index in [0.29, 0.717) is 5.70 Å². The van der Waals surface area contributed by atoms with Crippen LogP contribution in [0.25, 0.3) is 6.08 Å². The van der Waals surface area contributed by atoms with E-state index in [9.17, 15) is 19.5 Å². The number of amides is 3. The van der Waals surface area contributed by atoms with E-state index in [1.807, 2.05) is 60.7 Å². The Kier molecular flexibility index (Phi) is 11.0. The number of aromatic hydroxyl groups is 1. The maximum atomic E-state index is 13.9. The standard InChI is InChI=1S/C34H30ClN3O5S/c1-4-6-17-26(5-2)38-33(42)27(19-24-18-25(35)20-28(43-3)31(24)40)32(41)37-34(38)44-21-29(39)36-30(22-13-9-7-10-14-22)23-15-11-8-12-16-23/h4-20,30,40H,1,21H2,2-3H3,(H,36,39)/b17-6-,26-5+,27-19+. The molecule has 0 saturated carbocycles. The maximum absolute atomic E-state index is 13.9. The molecule has 0 unspecified atom stereocenters. The third-order valence-electron chi connectivity index (χ3n) is 6.50. The number of halogens is 1. The highest BCUT2D eigenvalue weighted by molar-refractivity contribution is 8.14. The second-order valence-corrected chi connectivity index (χ2v) is 10.7. The smallest absolute Gasteiger partial charge is 0.285 e. The minimum Gasteiger partial charge on any atom is -0.504 e. The van der Waals surface area contributed by atoms with Crippen LogP contribution in [0.1, 0.15) is 29.7 Å². The van der Waals surface area contributed by atoms with Crippen molar-refractivity contribution in [3.63, 3.8) is 0 Å². The summed E-state index contributed by atoms with van der Waals surface area (Å²) in [7, 11) is 1.36. The van der Waals surface area contributed by atoms with E-state index >= 15 is 0 Å². The Hall–Kier alpha value is -4.86. The summed E-state index contributed by atoms with van der Waals surface area (Å²) in [6.45, 7) is 5.41. The molecule has 224 valence electrons. The van der Waals surface area contributed by atoms with Gasteiger partial charge < -0.3 is 15.2 Å². The predicted molar refractivity (Wildman–Crippen MR) is 175 cm³/mol. The van der Waals surface area contributed by atoms with Gasteiger partial charge in [-0.15, -0.1) is 0 Å². The summed E-state index contributed by atoms with van der Waals surface area (Å²) in [5.74, 6) is -2.19. The van der Waals surface area contributed by atoms with Crippen LogP contribution in [0.15, 0.2) is 120 Å². The number of hydrogen-bond acceptors (Lipinski definition) is 6. The highest BCUT2D eigenvalue weighted by atomic mass is 35.5. The molecule has 10 heteroatoms. The molecule has 3 aromatic rings. The summed E-state index contributed by atoms with van der Waals surface area (Å²) in [5.41, 5.74) is 2.01. The van der Waals surface area contributed by atoms with Gasteiger partial charge >= 0.3 is 0 Å². The number of hydrogen-bond donors (Lipinski definition) is 2. The predicted octanol–water partition coefficient (Wildman–Crippen LogP) is 6.45. The Morgan fingerprint density at radius 2 is 1.75 bits per heavy atom. The number of carbonyl (C=O) groups excluding carboxylic acids is 3.